The van der Waals surface area contributed by atoms with Gasteiger partial charge in [-0.3, -0.25) is 20.2 Å². The molecule has 0 saturated carbocycles. The maximum Gasteiger partial charge on any atom is 0.273 e. The quantitative estimate of drug-likeness (QED) is 0.582. The molecule has 0 radical (unpaired) electrons. The number of thiazole rings is 1. The van der Waals surface area contributed by atoms with Gasteiger partial charge in [-0.05, 0) is 31.2 Å². The van der Waals surface area contributed by atoms with E-state index in [2.05, 4.69) is 10.3 Å². The largest absolute Gasteiger partial charge is 0.298 e. The van der Waals surface area contributed by atoms with E-state index in [1.165, 1.54) is 36.4 Å². The van der Waals surface area contributed by atoms with Gasteiger partial charge < -0.3 is 0 Å². The highest BCUT2D eigenvalue weighted by atomic mass is 32.1. The van der Waals surface area contributed by atoms with Crippen LogP contribution in [0, 0.1) is 22.9 Å². The third-order valence-electron chi connectivity index (χ3n) is 3.24. The first-order valence-electron chi connectivity index (χ1n) is 6.56. The van der Waals surface area contributed by atoms with Crippen LogP contribution in [0.2, 0.25) is 0 Å². The number of fused-ring (bicyclic) bond motifs is 1. The van der Waals surface area contributed by atoms with Crippen LogP contribution in [0.1, 0.15) is 15.9 Å². The van der Waals surface area contributed by atoms with Crippen LogP contribution in [-0.4, -0.2) is 15.8 Å². The molecule has 0 aliphatic carbocycles. The Morgan fingerprint density at radius 1 is 1.30 bits per heavy atom. The Labute approximate surface area is 133 Å². The van der Waals surface area contributed by atoms with Crippen LogP contribution in [0.4, 0.5) is 15.2 Å². The molecule has 0 aliphatic rings. The molecule has 116 valence electrons. The van der Waals surface area contributed by atoms with Crippen molar-refractivity contribution in [2.45, 2.75) is 6.92 Å². The molecule has 1 N–H and O–H groups in total. The van der Waals surface area contributed by atoms with Gasteiger partial charge in [0, 0.05) is 17.2 Å². The molecule has 2 aromatic carbocycles. The van der Waals surface area contributed by atoms with Crippen LogP contribution < -0.4 is 5.32 Å². The highest BCUT2D eigenvalue weighted by Gasteiger charge is 2.16. The topological polar surface area (TPSA) is 85.1 Å². The van der Waals surface area contributed by atoms with Crippen molar-refractivity contribution in [3.63, 3.8) is 0 Å². The van der Waals surface area contributed by atoms with E-state index in [0.29, 0.717) is 20.9 Å². The van der Waals surface area contributed by atoms with Crippen molar-refractivity contribution >= 4 is 38.3 Å². The van der Waals surface area contributed by atoms with E-state index >= 15 is 0 Å². The zero-order chi connectivity index (χ0) is 16.6. The molecule has 3 aromatic rings. The number of hydrogen-bond donors (Lipinski definition) is 1. The number of nitrogens with one attached hydrogen (secondary N) is 1. The van der Waals surface area contributed by atoms with Crippen LogP contribution in [0.25, 0.3) is 10.2 Å². The lowest BCUT2D eigenvalue weighted by Crippen LogP contribution is -2.12. The number of nitrogens with zero attached hydrogens (tertiary/aromatic N) is 2. The number of benzene rings is 2. The van der Waals surface area contributed by atoms with Crippen LogP contribution >= 0.6 is 11.3 Å². The maximum atomic E-state index is 13.2. The maximum absolute atomic E-state index is 13.2. The summed E-state index contributed by atoms with van der Waals surface area (Å²) < 4.78 is 13.8. The lowest BCUT2D eigenvalue weighted by molar-refractivity contribution is -0.385. The first kappa shape index (κ1) is 15.0. The van der Waals surface area contributed by atoms with Crippen molar-refractivity contribution in [2.24, 2.45) is 0 Å². The lowest BCUT2D eigenvalue weighted by atomic mass is 10.1. The Balaban J connectivity index is 1.88. The van der Waals surface area contributed by atoms with Crippen LogP contribution in [-0.2, 0) is 0 Å². The number of nitro groups is 1. The predicted molar refractivity (Wildman–Crippen MR) is 85.4 cm³/mol. The van der Waals surface area contributed by atoms with Crippen molar-refractivity contribution in [2.75, 3.05) is 5.32 Å². The molecule has 23 heavy (non-hydrogen) atoms. The number of hydrogen-bond acceptors (Lipinski definition) is 5. The van der Waals surface area contributed by atoms with E-state index in [0.717, 1.165) is 11.3 Å². The summed E-state index contributed by atoms with van der Waals surface area (Å²) >= 11 is 1.13. The number of aromatic nitrogens is 1. The molecule has 1 aromatic heterocycles. The van der Waals surface area contributed by atoms with Crippen LogP contribution in [0.3, 0.4) is 0 Å². The van der Waals surface area contributed by atoms with E-state index in [9.17, 15) is 19.3 Å². The first-order chi connectivity index (χ1) is 10.9. The molecule has 6 nitrogen and oxygen atoms in total. The molecule has 0 unspecified atom stereocenters. The van der Waals surface area contributed by atoms with Gasteiger partial charge >= 0.3 is 0 Å². The van der Waals surface area contributed by atoms with Gasteiger partial charge in [0.05, 0.1) is 15.1 Å². The molecule has 0 atom stereocenters. The minimum atomic E-state index is -0.535. The van der Waals surface area contributed by atoms with E-state index in [1.807, 2.05) is 0 Å². The van der Waals surface area contributed by atoms with Gasteiger partial charge in [0.25, 0.3) is 11.6 Å². The van der Waals surface area contributed by atoms with Gasteiger partial charge in [-0.2, -0.15) is 0 Å². The van der Waals surface area contributed by atoms with Gasteiger partial charge in [0.1, 0.15) is 5.82 Å². The van der Waals surface area contributed by atoms with Crippen LogP contribution in [0.15, 0.2) is 36.4 Å². The molecule has 3 rings (SSSR count). The highest BCUT2D eigenvalue weighted by Crippen LogP contribution is 2.27. The average molecular weight is 331 g/mol. The van der Waals surface area contributed by atoms with E-state index in [1.54, 1.807) is 6.92 Å². The predicted octanol–water partition coefficient (Wildman–Crippen LogP) is 3.90. The average Bonchev–Trinajstić information content (AvgIpc) is 2.88. The summed E-state index contributed by atoms with van der Waals surface area (Å²) in [7, 11) is 0. The summed E-state index contributed by atoms with van der Waals surface area (Å²) in [4.78, 5) is 26.8. The number of anilines is 1. The van der Waals surface area contributed by atoms with Crippen molar-refractivity contribution in [3.8, 4) is 0 Å². The van der Waals surface area contributed by atoms with Crippen molar-refractivity contribution in [1.29, 1.82) is 0 Å². The second-order valence-corrected chi connectivity index (χ2v) is 5.87. The zero-order valence-corrected chi connectivity index (χ0v) is 12.7. The first-order valence-corrected chi connectivity index (χ1v) is 7.38. The van der Waals surface area contributed by atoms with E-state index in [4.69, 9.17) is 0 Å². The summed E-state index contributed by atoms with van der Waals surface area (Å²) in [5.74, 6) is -0.888. The standard InChI is InChI=1S/C15H10FN3O3S/c1-8-2-3-9(6-12(8)19(21)22)14(20)18-15-17-11-5-4-10(16)7-13(11)23-15/h2-7H,1H3,(H,17,18,20). The molecule has 0 bridgehead atoms. The fourth-order valence-electron chi connectivity index (χ4n) is 2.07. The number of carbonyl (C=O) groups excluding carboxylic acids is 1. The zero-order valence-electron chi connectivity index (χ0n) is 11.9. The fraction of sp³-hybridized carbons (Fsp3) is 0.0667. The van der Waals surface area contributed by atoms with E-state index < -0.39 is 10.8 Å². The highest BCUT2D eigenvalue weighted by molar-refractivity contribution is 7.22. The fourth-order valence-corrected chi connectivity index (χ4v) is 2.95. The number of carbonyl (C=O) groups is 1. The third-order valence-corrected chi connectivity index (χ3v) is 4.17. The second-order valence-electron chi connectivity index (χ2n) is 4.84. The second kappa shape index (κ2) is 5.73. The summed E-state index contributed by atoms with van der Waals surface area (Å²) in [5, 5.41) is 13.8. The Hall–Kier alpha value is -2.87. The number of aryl methyl sites for hydroxylation is 1. The molecule has 0 spiro atoms. The molecule has 1 amide bonds. The van der Waals surface area contributed by atoms with Crippen molar-refractivity contribution < 1.29 is 14.1 Å². The molecule has 0 fully saturated rings. The number of halogens is 1. The van der Waals surface area contributed by atoms with Gasteiger partial charge in [-0.25, -0.2) is 9.37 Å². The van der Waals surface area contributed by atoms with Gasteiger partial charge in [0.15, 0.2) is 5.13 Å². The molecule has 0 saturated heterocycles. The number of rotatable bonds is 3. The Bertz CT molecular complexity index is 939. The Morgan fingerprint density at radius 2 is 2.09 bits per heavy atom. The molecular weight excluding hydrogens is 321 g/mol. The molecule has 8 heteroatoms. The lowest BCUT2D eigenvalue weighted by Gasteiger charge is -2.03. The van der Waals surface area contributed by atoms with Gasteiger partial charge in [-0.1, -0.05) is 17.4 Å². The third kappa shape index (κ3) is 3.02. The normalized spacial score (nSPS) is 10.7. The monoisotopic (exact) mass is 331 g/mol. The SMILES string of the molecule is Cc1ccc(C(=O)Nc2nc3ccc(F)cc3s2)cc1[N+](=O)[O-]. The minimum absolute atomic E-state index is 0.121. The summed E-state index contributed by atoms with van der Waals surface area (Å²) in [5.41, 5.74) is 1.08. The smallest absolute Gasteiger partial charge is 0.273 e. The van der Waals surface area contributed by atoms with Crippen LogP contribution in [0.5, 0.6) is 0 Å². The van der Waals surface area contributed by atoms with Crippen molar-refractivity contribution in [3.05, 3.63) is 63.5 Å². The summed E-state index contributed by atoms with van der Waals surface area (Å²) in [6, 6.07) is 8.38. The number of amides is 1. The summed E-state index contributed by atoms with van der Waals surface area (Å²) in [6.07, 6.45) is 0. The summed E-state index contributed by atoms with van der Waals surface area (Å²) in [6.45, 7) is 1.60. The van der Waals surface area contributed by atoms with E-state index in [-0.39, 0.29) is 17.1 Å². The van der Waals surface area contributed by atoms with Gasteiger partial charge in [0.2, 0.25) is 0 Å². The van der Waals surface area contributed by atoms with Gasteiger partial charge in [-0.15, -0.1) is 0 Å². The minimum Gasteiger partial charge on any atom is -0.298 e. The Kier molecular flexibility index (Phi) is 3.75. The van der Waals surface area contributed by atoms with Crippen molar-refractivity contribution in [1.82, 2.24) is 4.98 Å². The molecule has 0 aliphatic heterocycles. The number of nitro benzene ring substituents is 1. The molecule has 1 heterocycles. The molecular formula is C15H10FN3O3S. The Morgan fingerprint density at radius 3 is 2.83 bits per heavy atom.